The number of halogens is 1. The van der Waals surface area contributed by atoms with Gasteiger partial charge in [-0.1, -0.05) is 11.6 Å². The van der Waals surface area contributed by atoms with Crippen molar-refractivity contribution in [3.63, 3.8) is 0 Å². The van der Waals surface area contributed by atoms with E-state index in [0.29, 0.717) is 11.1 Å². The number of hydrogen-bond acceptors (Lipinski definition) is 4. The zero-order valence-corrected chi connectivity index (χ0v) is 13.2. The van der Waals surface area contributed by atoms with E-state index in [1.54, 1.807) is 12.1 Å². The minimum Gasteiger partial charge on any atom is -0.394 e. The van der Waals surface area contributed by atoms with Crippen LogP contribution in [0.5, 0.6) is 0 Å². The van der Waals surface area contributed by atoms with E-state index in [1.807, 2.05) is 0 Å². The Balaban J connectivity index is 2.06. The summed E-state index contributed by atoms with van der Waals surface area (Å²) in [6, 6.07) is 3.79. The quantitative estimate of drug-likeness (QED) is 0.888. The Morgan fingerprint density at radius 1 is 1.52 bits per heavy atom. The summed E-state index contributed by atoms with van der Waals surface area (Å²) in [5, 5.41) is 13.0. The zero-order chi connectivity index (χ0) is 15.5. The molecule has 0 bridgehead atoms. The fourth-order valence-electron chi connectivity index (χ4n) is 2.64. The standard InChI is InChI=1S/C15H22ClN3O2/c1-11(2)19-8-5-15(10-20,6-9-19)18-14(21)13-12(16)4-3-7-17-13/h3-4,7,11,20H,5-6,8-10H2,1-2H3,(H,18,21). The summed E-state index contributed by atoms with van der Waals surface area (Å²) < 4.78 is 0. The molecule has 1 saturated heterocycles. The van der Waals surface area contributed by atoms with Gasteiger partial charge in [-0.05, 0) is 38.8 Å². The molecule has 21 heavy (non-hydrogen) atoms. The molecule has 0 aromatic carbocycles. The van der Waals surface area contributed by atoms with Gasteiger partial charge in [-0.2, -0.15) is 0 Å². The SMILES string of the molecule is CC(C)N1CCC(CO)(NC(=O)c2ncccc2Cl)CC1. The Morgan fingerprint density at radius 2 is 2.19 bits per heavy atom. The van der Waals surface area contributed by atoms with E-state index in [0.717, 1.165) is 25.9 Å². The molecule has 5 nitrogen and oxygen atoms in total. The summed E-state index contributed by atoms with van der Waals surface area (Å²) in [6.45, 7) is 5.94. The number of nitrogens with one attached hydrogen (secondary N) is 1. The number of aromatic nitrogens is 1. The molecule has 1 aliphatic heterocycles. The van der Waals surface area contributed by atoms with E-state index in [9.17, 15) is 9.90 Å². The highest BCUT2D eigenvalue weighted by Gasteiger charge is 2.36. The maximum Gasteiger partial charge on any atom is 0.271 e. The summed E-state index contributed by atoms with van der Waals surface area (Å²) in [5.74, 6) is -0.326. The van der Waals surface area contributed by atoms with Gasteiger partial charge in [0.25, 0.3) is 5.91 Å². The minimum absolute atomic E-state index is 0.0743. The Morgan fingerprint density at radius 3 is 2.71 bits per heavy atom. The highest BCUT2D eigenvalue weighted by Crippen LogP contribution is 2.24. The average molecular weight is 312 g/mol. The normalized spacial score (nSPS) is 18.7. The lowest BCUT2D eigenvalue weighted by Gasteiger charge is -2.42. The van der Waals surface area contributed by atoms with E-state index >= 15 is 0 Å². The van der Waals surface area contributed by atoms with Crippen molar-refractivity contribution in [3.8, 4) is 0 Å². The van der Waals surface area contributed by atoms with Gasteiger partial charge in [0.2, 0.25) is 0 Å². The number of hydrogen-bond donors (Lipinski definition) is 2. The van der Waals surface area contributed by atoms with Crippen molar-refractivity contribution in [2.24, 2.45) is 0 Å². The number of pyridine rings is 1. The fraction of sp³-hybridized carbons (Fsp3) is 0.600. The van der Waals surface area contributed by atoms with Crippen LogP contribution in [0.4, 0.5) is 0 Å². The van der Waals surface area contributed by atoms with E-state index < -0.39 is 5.54 Å². The van der Waals surface area contributed by atoms with Crippen molar-refractivity contribution in [3.05, 3.63) is 29.0 Å². The van der Waals surface area contributed by atoms with E-state index in [-0.39, 0.29) is 18.2 Å². The maximum atomic E-state index is 12.3. The number of amides is 1. The molecule has 0 radical (unpaired) electrons. The molecule has 1 fully saturated rings. The van der Waals surface area contributed by atoms with Crippen LogP contribution in [0.3, 0.4) is 0 Å². The first-order valence-corrected chi connectivity index (χ1v) is 7.63. The number of likely N-dealkylation sites (tertiary alicyclic amines) is 1. The second-order valence-electron chi connectivity index (χ2n) is 5.86. The molecular formula is C15H22ClN3O2. The average Bonchev–Trinajstić information content (AvgIpc) is 2.48. The number of nitrogens with zero attached hydrogens (tertiary/aromatic N) is 2. The van der Waals surface area contributed by atoms with Gasteiger partial charge in [-0.3, -0.25) is 4.79 Å². The van der Waals surface area contributed by atoms with Gasteiger partial charge in [0.15, 0.2) is 0 Å². The van der Waals surface area contributed by atoms with Crippen molar-refractivity contribution in [2.75, 3.05) is 19.7 Å². The summed E-state index contributed by atoms with van der Waals surface area (Å²) in [7, 11) is 0. The number of carbonyl (C=O) groups is 1. The third-order valence-electron chi connectivity index (χ3n) is 4.14. The summed E-state index contributed by atoms with van der Waals surface area (Å²) in [5.41, 5.74) is -0.373. The second kappa shape index (κ2) is 6.73. The molecule has 2 heterocycles. The van der Waals surface area contributed by atoms with E-state index in [2.05, 4.69) is 29.0 Å². The highest BCUT2D eigenvalue weighted by atomic mass is 35.5. The van der Waals surface area contributed by atoms with Crippen LogP contribution in [-0.4, -0.2) is 52.2 Å². The predicted molar refractivity (Wildman–Crippen MR) is 82.5 cm³/mol. The van der Waals surface area contributed by atoms with Crippen molar-refractivity contribution in [2.45, 2.75) is 38.3 Å². The van der Waals surface area contributed by atoms with Crippen molar-refractivity contribution in [1.82, 2.24) is 15.2 Å². The number of aliphatic hydroxyl groups excluding tert-OH is 1. The number of aliphatic hydroxyl groups is 1. The third kappa shape index (κ3) is 3.73. The summed E-state index contributed by atoms with van der Waals surface area (Å²) in [4.78, 5) is 18.7. The first-order valence-electron chi connectivity index (χ1n) is 7.25. The lowest BCUT2D eigenvalue weighted by molar-refractivity contribution is 0.0544. The lowest BCUT2D eigenvalue weighted by Crippen LogP contribution is -2.58. The Labute approximate surface area is 130 Å². The molecule has 2 N–H and O–H groups in total. The number of rotatable bonds is 4. The van der Waals surface area contributed by atoms with Crippen LogP contribution < -0.4 is 5.32 Å². The maximum absolute atomic E-state index is 12.3. The number of piperidine rings is 1. The first kappa shape index (κ1) is 16.2. The largest absolute Gasteiger partial charge is 0.394 e. The molecule has 1 amide bonds. The molecule has 0 unspecified atom stereocenters. The molecule has 0 atom stereocenters. The van der Waals surface area contributed by atoms with Gasteiger partial charge >= 0.3 is 0 Å². The van der Waals surface area contributed by atoms with Gasteiger partial charge in [0.05, 0.1) is 17.2 Å². The van der Waals surface area contributed by atoms with Crippen LogP contribution in [0.2, 0.25) is 5.02 Å². The van der Waals surface area contributed by atoms with E-state index in [1.165, 1.54) is 6.20 Å². The molecular weight excluding hydrogens is 290 g/mol. The zero-order valence-electron chi connectivity index (χ0n) is 12.5. The monoisotopic (exact) mass is 311 g/mol. The lowest BCUT2D eigenvalue weighted by atomic mass is 9.87. The van der Waals surface area contributed by atoms with Crippen LogP contribution in [0.15, 0.2) is 18.3 Å². The molecule has 2 rings (SSSR count). The second-order valence-corrected chi connectivity index (χ2v) is 6.26. The van der Waals surface area contributed by atoms with Crippen molar-refractivity contribution < 1.29 is 9.90 Å². The van der Waals surface area contributed by atoms with Gasteiger partial charge in [-0.25, -0.2) is 4.98 Å². The molecule has 0 spiro atoms. The third-order valence-corrected chi connectivity index (χ3v) is 4.45. The topological polar surface area (TPSA) is 65.5 Å². The summed E-state index contributed by atoms with van der Waals surface area (Å²) in [6.07, 6.45) is 2.98. The first-order chi connectivity index (χ1) is 9.97. The smallest absolute Gasteiger partial charge is 0.271 e. The summed E-state index contributed by atoms with van der Waals surface area (Å²) >= 11 is 6.00. The molecule has 0 aliphatic carbocycles. The van der Waals surface area contributed by atoms with Gasteiger partial charge < -0.3 is 15.3 Å². The van der Waals surface area contributed by atoms with Crippen molar-refractivity contribution >= 4 is 17.5 Å². The molecule has 1 aromatic rings. The van der Waals surface area contributed by atoms with Crippen LogP contribution in [-0.2, 0) is 0 Å². The van der Waals surface area contributed by atoms with Gasteiger partial charge in [-0.15, -0.1) is 0 Å². The fourth-order valence-corrected chi connectivity index (χ4v) is 2.85. The van der Waals surface area contributed by atoms with Crippen LogP contribution >= 0.6 is 11.6 Å². The molecule has 1 aliphatic rings. The predicted octanol–water partition coefficient (Wildman–Crippen LogP) is 1.70. The van der Waals surface area contributed by atoms with Crippen LogP contribution in [0.25, 0.3) is 0 Å². The van der Waals surface area contributed by atoms with Crippen LogP contribution in [0, 0.1) is 0 Å². The van der Waals surface area contributed by atoms with Crippen molar-refractivity contribution in [1.29, 1.82) is 0 Å². The Hall–Kier alpha value is -1.17. The number of carbonyl (C=O) groups excluding carboxylic acids is 1. The van der Waals surface area contributed by atoms with Gasteiger partial charge in [0.1, 0.15) is 5.69 Å². The molecule has 116 valence electrons. The Kier molecular flexibility index (Phi) is 5.19. The van der Waals surface area contributed by atoms with Gasteiger partial charge in [0, 0.05) is 25.3 Å². The minimum atomic E-state index is -0.580. The molecule has 1 aromatic heterocycles. The highest BCUT2D eigenvalue weighted by molar-refractivity contribution is 6.33. The van der Waals surface area contributed by atoms with Crippen LogP contribution in [0.1, 0.15) is 37.2 Å². The molecule has 0 saturated carbocycles. The van der Waals surface area contributed by atoms with E-state index in [4.69, 9.17) is 11.6 Å². The Bertz CT molecular complexity index is 499. The molecule has 6 heteroatoms.